The number of hydrogen-bond acceptors (Lipinski definition) is 5. The number of carbonyl (C=O) groups excluding carboxylic acids is 1. The van der Waals surface area contributed by atoms with Gasteiger partial charge in [0.15, 0.2) is 5.78 Å². The standard InChI is InChI=1S/C22H20ClNO5/c1-2-12-5-6-15(29-16-7-8-19(24(27)28)18(23)11-16)10-17(12)20-21(25)13-3-4-14(9-13)22(20)26/h5-8,10-11,13-14,25H,2-4,9H2,1H3/t13-,14-/m1/s1. The lowest BCUT2D eigenvalue weighted by molar-refractivity contribution is -0.384. The van der Waals surface area contributed by atoms with E-state index in [2.05, 4.69) is 0 Å². The third-order valence-corrected chi connectivity index (χ3v) is 6.08. The number of aliphatic hydroxyl groups is 1. The molecule has 29 heavy (non-hydrogen) atoms. The van der Waals surface area contributed by atoms with Gasteiger partial charge in [-0.1, -0.05) is 24.6 Å². The van der Waals surface area contributed by atoms with Gasteiger partial charge in [-0.3, -0.25) is 14.9 Å². The fraction of sp³-hybridized carbons (Fsp3) is 0.318. The molecule has 2 atom stereocenters. The molecule has 7 heteroatoms. The highest BCUT2D eigenvalue weighted by Crippen LogP contribution is 2.46. The van der Waals surface area contributed by atoms with Gasteiger partial charge in [-0.15, -0.1) is 0 Å². The van der Waals surface area contributed by atoms with E-state index < -0.39 is 4.92 Å². The minimum absolute atomic E-state index is 0.00137. The van der Waals surface area contributed by atoms with Crippen LogP contribution in [0.2, 0.25) is 5.02 Å². The first kappa shape index (κ1) is 19.5. The van der Waals surface area contributed by atoms with Crippen molar-refractivity contribution >= 4 is 28.6 Å². The SMILES string of the molecule is CCc1ccc(Oc2ccc([N+](=O)[O-])c(Cl)c2)cc1C1=C(O)[C@@H]2CC[C@H](C2)C1=O. The second kappa shape index (κ2) is 7.52. The lowest BCUT2D eigenvalue weighted by Crippen LogP contribution is -2.21. The number of halogens is 1. The molecule has 4 rings (SSSR count). The van der Waals surface area contributed by atoms with E-state index in [0.717, 1.165) is 24.8 Å². The first-order valence-electron chi connectivity index (χ1n) is 9.61. The van der Waals surface area contributed by atoms with Crippen LogP contribution < -0.4 is 4.74 Å². The highest BCUT2D eigenvalue weighted by molar-refractivity contribution is 6.32. The third-order valence-electron chi connectivity index (χ3n) is 5.78. The maximum absolute atomic E-state index is 12.9. The molecule has 0 aliphatic heterocycles. The van der Waals surface area contributed by atoms with Gasteiger partial charge in [-0.2, -0.15) is 0 Å². The van der Waals surface area contributed by atoms with Crippen LogP contribution in [0.5, 0.6) is 11.5 Å². The van der Waals surface area contributed by atoms with Crippen LogP contribution in [0.3, 0.4) is 0 Å². The second-order valence-corrected chi connectivity index (χ2v) is 7.88. The van der Waals surface area contributed by atoms with Gasteiger partial charge in [0.25, 0.3) is 5.69 Å². The van der Waals surface area contributed by atoms with Crippen molar-refractivity contribution in [3.63, 3.8) is 0 Å². The van der Waals surface area contributed by atoms with Crippen LogP contribution in [0.15, 0.2) is 42.2 Å². The summed E-state index contributed by atoms with van der Waals surface area (Å²) in [5.41, 5.74) is 1.86. The van der Waals surface area contributed by atoms with Crippen molar-refractivity contribution in [1.29, 1.82) is 0 Å². The number of nitro benzene ring substituents is 1. The van der Waals surface area contributed by atoms with Crippen molar-refractivity contribution in [3.8, 4) is 11.5 Å². The van der Waals surface area contributed by atoms with Crippen LogP contribution in [0, 0.1) is 22.0 Å². The summed E-state index contributed by atoms with van der Waals surface area (Å²) in [4.78, 5) is 23.3. The number of carbonyl (C=O) groups is 1. The Morgan fingerprint density at radius 1 is 1.17 bits per heavy atom. The van der Waals surface area contributed by atoms with Crippen molar-refractivity contribution in [2.75, 3.05) is 0 Å². The molecule has 150 valence electrons. The number of Topliss-reactive ketones (excluding diaryl/α,β-unsaturated/α-hetero) is 1. The highest BCUT2D eigenvalue weighted by atomic mass is 35.5. The molecule has 0 radical (unpaired) electrons. The van der Waals surface area contributed by atoms with Crippen molar-refractivity contribution in [1.82, 2.24) is 0 Å². The summed E-state index contributed by atoms with van der Waals surface area (Å²) in [6.45, 7) is 2.00. The zero-order valence-corrected chi connectivity index (χ0v) is 16.6. The van der Waals surface area contributed by atoms with Gasteiger partial charge in [-0.05, 0) is 55.0 Å². The molecular weight excluding hydrogens is 394 g/mol. The fourth-order valence-electron chi connectivity index (χ4n) is 4.27. The molecule has 2 aromatic rings. The fourth-order valence-corrected chi connectivity index (χ4v) is 4.51. The molecule has 0 aromatic heterocycles. The molecular formula is C22H20ClNO5. The van der Waals surface area contributed by atoms with E-state index in [-0.39, 0.29) is 34.1 Å². The molecule has 1 saturated carbocycles. The summed E-state index contributed by atoms with van der Waals surface area (Å²) < 4.78 is 5.84. The van der Waals surface area contributed by atoms with Gasteiger partial charge in [0.05, 0.1) is 10.5 Å². The van der Waals surface area contributed by atoms with E-state index in [4.69, 9.17) is 16.3 Å². The van der Waals surface area contributed by atoms with Crippen LogP contribution in [-0.4, -0.2) is 15.8 Å². The minimum Gasteiger partial charge on any atom is -0.511 e. The number of hydrogen-bond donors (Lipinski definition) is 1. The maximum Gasteiger partial charge on any atom is 0.288 e. The third kappa shape index (κ3) is 3.49. The first-order valence-corrected chi connectivity index (χ1v) is 9.99. The van der Waals surface area contributed by atoms with Crippen LogP contribution in [-0.2, 0) is 11.2 Å². The Hall–Kier alpha value is -2.86. The number of ether oxygens (including phenoxy) is 1. The number of nitro groups is 1. The van der Waals surface area contributed by atoms with Crippen molar-refractivity contribution < 1.29 is 19.6 Å². The molecule has 0 heterocycles. The Balaban J connectivity index is 1.71. The van der Waals surface area contributed by atoms with Gasteiger partial charge in [-0.25, -0.2) is 0 Å². The lowest BCUT2D eigenvalue weighted by atomic mass is 9.81. The number of rotatable bonds is 5. The number of allylic oxidation sites excluding steroid dienone is 2. The molecule has 1 N–H and O–H groups in total. The molecule has 2 aromatic carbocycles. The summed E-state index contributed by atoms with van der Waals surface area (Å²) in [5.74, 6) is 1.04. The molecule has 2 bridgehead atoms. The van der Waals surface area contributed by atoms with Crippen LogP contribution in [0.25, 0.3) is 5.57 Å². The van der Waals surface area contributed by atoms with E-state index in [0.29, 0.717) is 29.1 Å². The Kier molecular flexibility index (Phi) is 5.04. The summed E-state index contributed by atoms with van der Waals surface area (Å²) in [6.07, 6.45) is 3.09. The highest BCUT2D eigenvalue weighted by Gasteiger charge is 2.41. The summed E-state index contributed by atoms with van der Waals surface area (Å²) in [6, 6.07) is 9.55. The molecule has 6 nitrogen and oxygen atoms in total. The number of fused-ring (bicyclic) bond motifs is 2. The molecule has 0 unspecified atom stereocenters. The molecule has 0 spiro atoms. The van der Waals surface area contributed by atoms with Crippen molar-refractivity contribution in [2.24, 2.45) is 11.8 Å². The summed E-state index contributed by atoms with van der Waals surface area (Å²) in [7, 11) is 0. The quantitative estimate of drug-likeness (QED) is 0.489. The van der Waals surface area contributed by atoms with Crippen molar-refractivity contribution in [2.45, 2.75) is 32.6 Å². The minimum atomic E-state index is -0.557. The molecule has 1 fully saturated rings. The van der Waals surface area contributed by atoms with Crippen LogP contribution >= 0.6 is 11.6 Å². The van der Waals surface area contributed by atoms with Gasteiger partial charge in [0.2, 0.25) is 0 Å². The smallest absolute Gasteiger partial charge is 0.288 e. The Bertz CT molecular complexity index is 1050. The summed E-state index contributed by atoms with van der Waals surface area (Å²) in [5, 5.41) is 21.6. The zero-order valence-electron chi connectivity index (χ0n) is 15.9. The lowest BCUT2D eigenvalue weighted by Gasteiger charge is -2.23. The van der Waals surface area contributed by atoms with E-state index in [9.17, 15) is 20.0 Å². The topological polar surface area (TPSA) is 89.7 Å². The van der Waals surface area contributed by atoms with E-state index in [1.54, 1.807) is 12.1 Å². The average molecular weight is 414 g/mol. The summed E-state index contributed by atoms with van der Waals surface area (Å²) >= 11 is 5.96. The Morgan fingerprint density at radius 3 is 2.55 bits per heavy atom. The van der Waals surface area contributed by atoms with E-state index in [1.807, 2.05) is 13.0 Å². The number of ketones is 1. The average Bonchev–Trinajstić information content (AvgIpc) is 3.14. The first-order chi connectivity index (χ1) is 13.9. The molecule has 2 aliphatic carbocycles. The number of benzene rings is 2. The number of nitrogens with zero attached hydrogens (tertiary/aromatic N) is 1. The van der Waals surface area contributed by atoms with Crippen LogP contribution in [0.1, 0.15) is 37.3 Å². The van der Waals surface area contributed by atoms with Gasteiger partial charge in [0, 0.05) is 24.0 Å². The molecule has 0 saturated heterocycles. The largest absolute Gasteiger partial charge is 0.511 e. The zero-order chi connectivity index (χ0) is 20.7. The molecule has 0 amide bonds. The van der Waals surface area contributed by atoms with Gasteiger partial charge in [0.1, 0.15) is 22.3 Å². The van der Waals surface area contributed by atoms with Crippen LogP contribution in [0.4, 0.5) is 5.69 Å². The Morgan fingerprint density at radius 2 is 1.86 bits per heavy atom. The number of aliphatic hydroxyl groups excluding tert-OH is 1. The Labute approximate surface area is 172 Å². The van der Waals surface area contributed by atoms with Gasteiger partial charge >= 0.3 is 0 Å². The predicted molar refractivity (Wildman–Crippen MR) is 109 cm³/mol. The maximum atomic E-state index is 12.9. The monoisotopic (exact) mass is 413 g/mol. The van der Waals surface area contributed by atoms with Crippen molar-refractivity contribution in [3.05, 3.63) is 68.4 Å². The molecule has 2 aliphatic rings. The normalized spacial score (nSPS) is 20.8. The van der Waals surface area contributed by atoms with E-state index >= 15 is 0 Å². The predicted octanol–water partition coefficient (Wildman–Crippen LogP) is 5.87. The number of aryl methyl sites for hydroxylation is 1. The second-order valence-electron chi connectivity index (χ2n) is 7.48. The van der Waals surface area contributed by atoms with Gasteiger partial charge < -0.3 is 9.84 Å². The van der Waals surface area contributed by atoms with E-state index in [1.165, 1.54) is 18.2 Å².